The van der Waals surface area contributed by atoms with Gasteiger partial charge in [-0.25, -0.2) is 0 Å². The average Bonchev–Trinajstić information content (AvgIpc) is 2.93. The molecule has 0 amide bonds. The van der Waals surface area contributed by atoms with Crippen LogP contribution in [0.4, 0.5) is 0 Å². The second-order valence-corrected chi connectivity index (χ2v) is 7.87. The topological polar surface area (TPSA) is 111 Å². The molecule has 2 aliphatic heterocycles. The van der Waals surface area contributed by atoms with Crippen LogP contribution in [-0.2, 0) is 19.1 Å². The Balaban J connectivity index is 1.72. The van der Waals surface area contributed by atoms with Crippen LogP contribution in [0.5, 0.6) is 0 Å². The van der Waals surface area contributed by atoms with Gasteiger partial charge in [-0.15, -0.1) is 11.8 Å². The van der Waals surface area contributed by atoms with Crippen molar-refractivity contribution in [3.05, 3.63) is 35.9 Å². The second kappa shape index (κ2) is 7.74. The van der Waals surface area contributed by atoms with Crippen LogP contribution in [0, 0.1) is 0 Å². The first-order chi connectivity index (χ1) is 12.0. The third-order valence-electron chi connectivity index (χ3n) is 4.56. The summed E-state index contributed by atoms with van der Waals surface area (Å²) in [7, 11) is 0. The van der Waals surface area contributed by atoms with E-state index in [9.17, 15) is 9.59 Å². The fraction of sp³-hybridized carbons (Fsp3) is 0.529. The molecule has 8 heteroatoms. The molecule has 1 spiro atoms. The summed E-state index contributed by atoms with van der Waals surface area (Å²) in [5, 5.41) is 11.9. The third-order valence-corrected chi connectivity index (χ3v) is 6.26. The molecule has 2 heterocycles. The molecule has 2 aliphatic rings. The van der Waals surface area contributed by atoms with E-state index >= 15 is 0 Å². The van der Waals surface area contributed by atoms with Crippen LogP contribution in [0.2, 0.25) is 0 Å². The number of nitrogens with two attached hydrogens (primary N) is 1. The Kier molecular flexibility index (Phi) is 5.63. The number of benzene rings is 1. The second-order valence-electron chi connectivity index (χ2n) is 6.25. The molecular formula is C17H22N2O5S. The molecular weight excluding hydrogens is 344 g/mol. The quantitative estimate of drug-likeness (QED) is 0.527. The summed E-state index contributed by atoms with van der Waals surface area (Å²) < 4.78 is 10.5. The normalized spacial score (nSPS) is 26.3. The summed E-state index contributed by atoms with van der Waals surface area (Å²) in [5.74, 6) is -1.35. The predicted octanol–water partition coefficient (Wildman–Crippen LogP) is 1.24. The van der Waals surface area contributed by atoms with Gasteiger partial charge >= 0.3 is 11.9 Å². The molecule has 1 aromatic carbocycles. The summed E-state index contributed by atoms with van der Waals surface area (Å²) in [5.41, 5.74) is 6.71. The molecule has 0 aromatic heterocycles. The van der Waals surface area contributed by atoms with Gasteiger partial charge in [0.05, 0.1) is 11.8 Å². The van der Waals surface area contributed by atoms with E-state index in [1.54, 1.807) is 12.1 Å². The first-order valence-electron chi connectivity index (χ1n) is 8.25. The van der Waals surface area contributed by atoms with Gasteiger partial charge in [-0.2, -0.15) is 0 Å². The number of nitrogens with one attached hydrogen (secondary N) is 1. The molecule has 1 aromatic rings. The molecule has 0 saturated carbocycles. The minimum atomic E-state index is -0.901. The Morgan fingerprint density at radius 1 is 1.36 bits per heavy atom. The van der Waals surface area contributed by atoms with E-state index in [1.807, 2.05) is 18.2 Å². The van der Waals surface area contributed by atoms with E-state index < -0.39 is 29.0 Å². The van der Waals surface area contributed by atoms with Crippen molar-refractivity contribution in [2.75, 3.05) is 13.2 Å². The lowest BCUT2D eigenvalue weighted by Gasteiger charge is -2.36. The molecule has 136 valence electrons. The van der Waals surface area contributed by atoms with Gasteiger partial charge in [-0.1, -0.05) is 30.3 Å². The van der Waals surface area contributed by atoms with Crippen LogP contribution in [-0.4, -0.2) is 46.4 Å². The van der Waals surface area contributed by atoms with Crippen molar-refractivity contribution in [1.29, 1.82) is 0 Å². The van der Waals surface area contributed by atoms with Gasteiger partial charge in [0.15, 0.2) is 6.23 Å². The standard InChI is InChI=1S/C17H22N2O5S/c18-15(11-4-2-1-3-5-11)24-16(22)14-17(6-8-23-9-7-17)25-12(19-14)10-13(20)21/h1-5,12,14-15,19H,6-10,18H2,(H,20,21). The average molecular weight is 366 g/mol. The zero-order valence-corrected chi connectivity index (χ0v) is 14.5. The van der Waals surface area contributed by atoms with Crippen molar-refractivity contribution >= 4 is 23.7 Å². The Bertz CT molecular complexity index is 621. The van der Waals surface area contributed by atoms with Crippen molar-refractivity contribution in [3.8, 4) is 0 Å². The van der Waals surface area contributed by atoms with Gasteiger partial charge in [0, 0.05) is 23.5 Å². The summed E-state index contributed by atoms with van der Waals surface area (Å²) >= 11 is 1.51. The molecule has 2 saturated heterocycles. The van der Waals surface area contributed by atoms with Crippen molar-refractivity contribution < 1.29 is 24.2 Å². The lowest BCUT2D eigenvalue weighted by atomic mass is 9.90. The van der Waals surface area contributed by atoms with Crippen LogP contribution in [0.1, 0.15) is 31.1 Å². The number of aliphatic carboxylic acids is 1. The number of carbonyl (C=O) groups excluding carboxylic acids is 1. The van der Waals surface area contributed by atoms with Crippen molar-refractivity contribution in [3.63, 3.8) is 0 Å². The van der Waals surface area contributed by atoms with E-state index in [1.165, 1.54) is 11.8 Å². The molecule has 25 heavy (non-hydrogen) atoms. The SMILES string of the molecule is NC(OC(=O)C1NC(CC(=O)O)SC12CCOCC2)c1ccccc1. The highest BCUT2D eigenvalue weighted by Gasteiger charge is 2.53. The zero-order chi connectivity index (χ0) is 17.9. The Morgan fingerprint density at radius 3 is 2.68 bits per heavy atom. The molecule has 2 fully saturated rings. The predicted molar refractivity (Wildman–Crippen MR) is 92.8 cm³/mol. The Hall–Kier alpha value is -1.61. The first kappa shape index (κ1) is 18.2. The highest BCUT2D eigenvalue weighted by Crippen LogP contribution is 2.46. The maximum Gasteiger partial charge on any atom is 0.326 e. The highest BCUT2D eigenvalue weighted by atomic mass is 32.2. The molecule has 4 N–H and O–H groups in total. The van der Waals surface area contributed by atoms with Crippen molar-refractivity contribution in [1.82, 2.24) is 5.32 Å². The highest BCUT2D eigenvalue weighted by molar-refractivity contribution is 8.01. The number of ether oxygens (including phenoxy) is 2. The summed E-state index contributed by atoms with van der Waals surface area (Å²) in [6, 6.07) is 8.52. The number of thioether (sulfide) groups is 1. The Labute approximate surface area is 150 Å². The van der Waals surface area contributed by atoms with Crippen LogP contribution in [0.25, 0.3) is 0 Å². The monoisotopic (exact) mass is 366 g/mol. The van der Waals surface area contributed by atoms with Gasteiger partial charge in [-0.05, 0) is 12.8 Å². The smallest absolute Gasteiger partial charge is 0.326 e. The molecule has 3 atom stereocenters. The van der Waals surface area contributed by atoms with Crippen LogP contribution >= 0.6 is 11.8 Å². The lowest BCUT2D eigenvalue weighted by molar-refractivity contribution is -0.153. The minimum absolute atomic E-state index is 0.0538. The van der Waals surface area contributed by atoms with E-state index in [0.29, 0.717) is 31.6 Å². The van der Waals surface area contributed by atoms with E-state index in [4.69, 9.17) is 20.3 Å². The van der Waals surface area contributed by atoms with Crippen LogP contribution < -0.4 is 11.1 Å². The summed E-state index contributed by atoms with van der Waals surface area (Å²) in [6.45, 7) is 1.09. The minimum Gasteiger partial charge on any atom is -0.481 e. The molecule has 3 rings (SSSR count). The van der Waals surface area contributed by atoms with Gasteiger partial charge in [0.25, 0.3) is 0 Å². The largest absolute Gasteiger partial charge is 0.481 e. The summed E-state index contributed by atoms with van der Waals surface area (Å²) in [6.07, 6.45) is 0.431. The van der Waals surface area contributed by atoms with E-state index in [-0.39, 0.29) is 11.8 Å². The number of hydrogen-bond donors (Lipinski definition) is 3. The van der Waals surface area contributed by atoms with Crippen LogP contribution in [0.3, 0.4) is 0 Å². The lowest BCUT2D eigenvalue weighted by Crippen LogP contribution is -2.51. The molecule has 0 aliphatic carbocycles. The van der Waals surface area contributed by atoms with Gasteiger partial charge < -0.3 is 14.6 Å². The third kappa shape index (κ3) is 4.14. The molecule has 0 radical (unpaired) electrons. The van der Waals surface area contributed by atoms with E-state index in [2.05, 4.69) is 5.32 Å². The number of esters is 1. The van der Waals surface area contributed by atoms with Crippen LogP contribution in [0.15, 0.2) is 30.3 Å². The zero-order valence-electron chi connectivity index (χ0n) is 13.7. The number of carbonyl (C=O) groups is 2. The fourth-order valence-electron chi connectivity index (χ4n) is 3.29. The first-order valence-corrected chi connectivity index (χ1v) is 9.12. The fourth-order valence-corrected chi connectivity index (χ4v) is 4.99. The number of carboxylic acids is 1. The molecule has 0 bridgehead atoms. The van der Waals surface area contributed by atoms with Gasteiger partial charge in [0.1, 0.15) is 6.04 Å². The number of carboxylic acid groups (broad SMARTS) is 1. The maximum atomic E-state index is 12.8. The van der Waals surface area contributed by atoms with Gasteiger partial charge in [-0.3, -0.25) is 20.6 Å². The molecule has 7 nitrogen and oxygen atoms in total. The van der Waals surface area contributed by atoms with Crippen molar-refractivity contribution in [2.45, 2.75) is 41.7 Å². The Morgan fingerprint density at radius 2 is 2.04 bits per heavy atom. The van der Waals surface area contributed by atoms with Crippen molar-refractivity contribution in [2.24, 2.45) is 5.73 Å². The van der Waals surface area contributed by atoms with Gasteiger partial charge in [0.2, 0.25) is 0 Å². The molecule has 3 unspecified atom stereocenters. The number of rotatable bonds is 5. The van der Waals surface area contributed by atoms with E-state index in [0.717, 1.165) is 0 Å². The number of hydrogen-bond acceptors (Lipinski definition) is 7. The summed E-state index contributed by atoms with van der Waals surface area (Å²) in [4.78, 5) is 23.8. The maximum absolute atomic E-state index is 12.8.